The standard InChI is InChI=1S/C32H41.C13H10.2ClH.Zr/c1-10-21-17-25(30(4,5)6)18-23-19-27-26(28(21)23)20-24(11-2)32(12-3,31(7,8)9)29(27)22-15-13-14-16-22;1-3-7-12(8-4-1)11-13-9-5-2-6-10-13;;;/h13-15,17-18,20H,10-12,16H2,1-9H3;1-10H;2*1H;/q-1;;;;+2/p-2. The predicted octanol–water partition coefficient (Wildman–Crippen LogP) is 4.15. The molecule has 3 heteroatoms. The van der Waals surface area contributed by atoms with Gasteiger partial charge in [-0.15, -0.1) is 33.7 Å². The van der Waals surface area contributed by atoms with Crippen LogP contribution in [0.3, 0.4) is 0 Å². The van der Waals surface area contributed by atoms with Gasteiger partial charge >= 0.3 is 99.2 Å². The van der Waals surface area contributed by atoms with E-state index >= 15 is 0 Å². The Kier molecular flexibility index (Phi) is 13.5. The molecule has 0 radical (unpaired) electrons. The summed E-state index contributed by atoms with van der Waals surface area (Å²) in [7, 11) is 0. The summed E-state index contributed by atoms with van der Waals surface area (Å²) in [5, 5.41) is 2.74. The van der Waals surface area contributed by atoms with Gasteiger partial charge in [0.15, 0.2) is 0 Å². The summed E-state index contributed by atoms with van der Waals surface area (Å²) < 4.78 is 1.42. The van der Waals surface area contributed by atoms with Crippen molar-refractivity contribution in [3.8, 4) is 0 Å². The van der Waals surface area contributed by atoms with Crippen molar-refractivity contribution in [3.05, 3.63) is 152 Å². The Hall–Kier alpha value is -2.31. The Morgan fingerprint density at radius 2 is 1.40 bits per heavy atom. The Morgan fingerprint density at radius 3 is 1.83 bits per heavy atom. The van der Waals surface area contributed by atoms with Crippen LogP contribution in [0.5, 0.6) is 0 Å². The quantitative estimate of drug-likeness (QED) is 0.333. The van der Waals surface area contributed by atoms with E-state index in [0.29, 0.717) is 0 Å². The summed E-state index contributed by atoms with van der Waals surface area (Å²) >= 11 is 1.46. The fourth-order valence-corrected chi connectivity index (χ4v) is 8.63. The van der Waals surface area contributed by atoms with Gasteiger partial charge in [0, 0.05) is 0 Å². The maximum atomic E-state index is 3.99. The third-order valence-electron chi connectivity index (χ3n) is 10.2. The van der Waals surface area contributed by atoms with Gasteiger partial charge in [0.2, 0.25) is 0 Å². The van der Waals surface area contributed by atoms with Crippen LogP contribution in [0.2, 0.25) is 0 Å². The number of halogens is 2. The minimum absolute atomic E-state index is 0. The molecule has 0 saturated heterocycles. The van der Waals surface area contributed by atoms with Crippen LogP contribution in [0, 0.1) is 10.8 Å². The molecule has 0 N–H and O–H groups in total. The molecule has 3 aliphatic carbocycles. The van der Waals surface area contributed by atoms with Crippen LogP contribution in [-0.4, -0.2) is 3.21 Å². The molecule has 250 valence electrons. The van der Waals surface area contributed by atoms with Crippen molar-refractivity contribution in [2.24, 2.45) is 10.8 Å². The Labute approximate surface area is 318 Å². The van der Waals surface area contributed by atoms with Gasteiger partial charge in [-0.25, -0.2) is 0 Å². The molecular formula is C45H51Cl2Zr-. The molecule has 0 nitrogen and oxygen atoms in total. The van der Waals surface area contributed by atoms with E-state index in [-0.39, 0.29) is 41.1 Å². The second-order valence-electron chi connectivity index (χ2n) is 14.9. The van der Waals surface area contributed by atoms with E-state index < -0.39 is 0 Å². The summed E-state index contributed by atoms with van der Waals surface area (Å²) in [5.41, 5.74) is 13.3. The first-order chi connectivity index (χ1) is 21.9. The van der Waals surface area contributed by atoms with Crippen LogP contribution in [0.25, 0.3) is 11.6 Å². The van der Waals surface area contributed by atoms with Crippen molar-refractivity contribution in [2.45, 2.75) is 93.4 Å². The number of allylic oxidation sites excluding steroid dienone is 8. The fourth-order valence-electron chi connectivity index (χ4n) is 7.81. The second-order valence-corrected chi connectivity index (χ2v) is 16.1. The zero-order valence-electron chi connectivity index (χ0n) is 30.3. The molecule has 1 atom stereocenters. The summed E-state index contributed by atoms with van der Waals surface area (Å²) in [4.78, 5) is 0. The van der Waals surface area contributed by atoms with Gasteiger partial charge in [0.1, 0.15) is 0 Å². The Morgan fingerprint density at radius 1 is 0.812 bits per heavy atom. The van der Waals surface area contributed by atoms with E-state index in [9.17, 15) is 0 Å². The zero-order chi connectivity index (χ0) is 33.3. The fraction of sp³-hybridized carbons (Fsp3) is 0.356. The molecule has 0 heterocycles. The molecule has 0 aromatic heterocycles. The molecule has 3 aromatic carbocycles. The number of hydrogen-bond donors (Lipinski definition) is 0. The zero-order valence-corrected chi connectivity index (χ0v) is 34.3. The van der Waals surface area contributed by atoms with Crippen LogP contribution >= 0.6 is 0 Å². The van der Waals surface area contributed by atoms with Gasteiger partial charge in [-0.3, -0.25) is 0 Å². The monoisotopic (exact) mass is 751 g/mol. The summed E-state index contributed by atoms with van der Waals surface area (Å²) in [5.74, 6) is 0. The van der Waals surface area contributed by atoms with Crippen LogP contribution in [0.15, 0.2) is 119 Å². The molecule has 3 aliphatic rings. The molecule has 0 saturated carbocycles. The summed E-state index contributed by atoms with van der Waals surface area (Å²) in [6, 6.07) is 26.0. The Bertz CT molecular complexity index is 1830. The third-order valence-corrected chi connectivity index (χ3v) is 11.6. The van der Waals surface area contributed by atoms with E-state index in [2.05, 4.69) is 165 Å². The van der Waals surface area contributed by atoms with Crippen LogP contribution < -0.4 is 35.3 Å². The number of rotatable bonds is 6. The molecule has 0 amide bonds. The van der Waals surface area contributed by atoms with Crippen molar-refractivity contribution >= 4 is 14.9 Å². The topological polar surface area (TPSA) is 0 Å². The maximum absolute atomic E-state index is 3.99. The number of fused-ring (bicyclic) bond motifs is 2. The normalized spacial score (nSPS) is 17.9. The van der Waals surface area contributed by atoms with E-state index in [0.717, 1.165) is 25.7 Å². The van der Waals surface area contributed by atoms with Gasteiger partial charge < -0.3 is 24.8 Å². The van der Waals surface area contributed by atoms with E-state index in [1.54, 1.807) is 11.1 Å². The van der Waals surface area contributed by atoms with Gasteiger partial charge in [-0.2, -0.15) is 0 Å². The number of hydrogen-bond acceptors (Lipinski definition) is 0. The predicted molar refractivity (Wildman–Crippen MR) is 196 cm³/mol. The van der Waals surface area contributed by atoms with Gasteiger partial charge in [0.05, 0.1) is 0 Å². The molecule has 6 rings (SSSR count). The molecular weight excluding hydrogens is 703 g/mol. The van der Waals surface area contributed by atoms with E-state index in [4.69, 9.17) is 0 Å². The van der Waals surface area contributed by atoms with Crippen LogP contribution in [0.1, 0.15) is 104 Å². The minimum atomic E-state index is 0. The van der Waals surface area contributed by atoms with E-state index in [1.165, 1.54) is 76.9 Å². The second kappa shape index (κ2) is 16.1. The van der Waals surface area contributed by atoms with Crippen LogP contribution in [-0.2, 0) is 36.1 Å². The van der Waals surface area contributed by atoms with Gasteiger partial charge in [0.25, 0.3) is 0 Å². The first-order valence-electron chi connectivity index (χ1n) is 17.2. The average Bonchev–Trinajstić information content (AvgIpc) is 3.71. The van der Waals surface area contributed by atoms with Crippen molar-refractivity contribution in [2.75, 3.05) is 0 Å². The summed E-state index contributed by atoms with van der Waals surface area (Å²) in [6.45, 7) is 21.3. The molecule has 48 heavy (non-hydrogen) atoms. The van der Waals surface area contributed by atoms with Crippen molar-refractivity contribution in [3.63, 3.8) is 0 Å². The Balaban J connectivity index is 0.000000329. The average molecular weight is 754 g/mol. The van der Waals surface area contributed by atoms with Crippen LogP contribution in [0.4, 0.5) is 0 Å². The van der Waals surface area contributed by atoms with Gasteiger partial charge in [-0.1, -0.05) is 121 Å². The van der Waals surface area contributed by atoms with Crippen molar-refractivity contribution in [1.29, 1.82) is 0 Å². The summed E-state index contributed by atoms with van der Waals surface area (Å²) in [6.07, 6.45) is 17.8. The molecule has 0 aliphatic heterocycles. The van der Waals surface area contributed by atoms with Crippen molar-refractivity contribution < 1.29 is 49.0 Å². The molecule has 3 aromatic rings. The van der Waals surface area contributed by atoms with E-state index in [1.807, 2.05) is 0 Å². The van der Waals surface area contributed by atoms with Crippen molar-refractivity contribution in [1.82, 2.24) is 0 Å². The first-order valence-corrected chi connectivity index (χ1v) is 18.4. The SMILES string of the molecule is CCC1=CC2=c3c(CC)cc(C(C)(C)C)cc3=[C-]C2=C(C2=CC=CC2)C1(CC)C(C)(C)C.[Cl-].[Cl-].[Zr+2]=[C](c1ccccc1)c1ccccc1. The molecule has 1 unspecified atom stereocenters. The molecule has 0 bridgehead atoms. The first kappa shape index (κ1) is 40.1. The molecule has 0 spiro atoms. The van der Waals surface area contributed by atoms with Gasteiger partial charge in [-0.05, 0) is 41.9 Å². The molecule has 0 fully saturated rings. The third kappa shape index (κ3) is 7.55. The number of aryl methyl sites for hydroxylation is 1. The number of benzene rings is 3.